The summed E-state index contributed by atoms with van der Waals surface area (Å²) in [4.78, 5) is 0. The van der Waals surface area contributed by atoms with E-state index in [1.807, 2.05) is 54.1 Å². The molecule has 1 heterocycles. The molecule has 0 bridgehead atoms. The second kappa shape index (κ2) is 8.61. The van der Waals surface area contributed by atoms with Gasteiger partial charge in [0, 0.05) is 21.8 Å². The smallest absolute Gasteiger partial charge is 0.176 e. The number of nitrogens with one attached hydrogen (secondary N) is 2. The second-order valence-electron chi connectivity index (χ2n) is 5.84. The first-order valence-electron chi connectivity index (χ1n) is 8.15. The zero-order valence-corrected chi connectivity index (χ0v) is 17.1. The second-order valence-corrected chi connectivity index (χ2v) is 7.10. The lowest BCUT2D eigenvalue weighted by Crippen LogP contribution is -2.20. The van der Waals surface area contributed by atoms with E-state index in [4.69, 9.17) is 40.2 Å². The molecule has 0 aliphatic heterocycles. The summed E-state index contributed by atoms with van der Waals surface area (Å²) < 4.78 is 7.16. The number of rotatable bonds is 5. The average molecular weight is 421 g/mol. The molecule has 140 valence electrons. The van der Waals surface area contributed by atoms with Gasteiger partial charge in [-0.3, -0.25) is 4.68 Å². The molecule has 3 rings (SSSR count). The van der Waals surface area contributed by atoms with E-state index in [1.54, 1.807) is 13.2 Å². The third kappa shape index (κ3) is 4.91. The highest BCUT2D eigenvalue weighted by Crippen LogP contribution is 2.24. The summed E-state index contributed by atoms with van der Waals surface area (Å²) in [5.74, 6) is 1.35. The zero-order valence-electron chi connectivity index (χ0n) is 14.8. The molecule has 3 aromatic rings. The average Bonchev–Trinajstić information content (AvgIpc) is 2.96. The molecule has 0 radical (unpaired) electrons. The first-order valence-corrected chi connectivity index (χ1v) is 9.32. The fourth-order valence-corrected chi connectivity index (χ4v) is 3.24. The molecule has 5 nitrogen and oxygen atoms in total. The van der Waals surface area contributed by atoms with E-state index < -0.39 is 0 Å². The van der Waals surface area contributed by atoms with E-state index >= 15 is 0 Å². The number of benzene rings is 2. The van der Waals surface area contributed by atoms with E-state index in [0.717, 1.165) is 16.9 Å². The zero-order chi connectivity index (χ0) is 19.4. The molecule has 0 atom stereocenters. The lowest BCUT2D eigenvalue weighted by atomic mass is 10.2. The van der Waals surface area contributed by atoms with Gasteiger partial charge in [0.25, 0.3) is 0 Å². The van der Waals surface area contributed by atoms with Crippen molar-refractivity contribution in [1.82, 2.24) is 9.78 Å². The molecule has 0 amide bonds. The van der Waals surface area contributed by atoms with Crippen molar-refractivity contribution < 1.29 is 4.74 Å². The summed E-state index contributed by atoms with van der Waals surface area (Å²) in [5, 5.41) is 12.4. The molecule has 0 unspecified atom stereocenters. The molecule has 0 saturated heterocycles. The van der Waals surface area contributed by atoms with Gasteiger partial charge in [-0.2, -0.15) is 5.10 Å². The summed E-state index contributed by atoms with van der Waals surface area (Å²) in [7, 11) is 1.61. The van der Waals surface area contributed by atoms with Gasteiger partial charge < -0.3 is 15.4 Å². The minimum atomic E-state index is 0.425. The Morgan fingerprint density at radius 1 is 1.15 bits per heavy atom. The van der Waals surface area contributed by atoms with Crippen LogP contribution in [-0.2, 0) is 6.54 Å². The fourth-order valence-electron chi connectivity index (χ4n) is 2.56. The summed E-state index contributed by atoms with van der Waals surface area (Å²) in [5.41, 5.74) is 2.69. The molecule has 0 fully saturated rings. The van der Waals surface area contributed by atoms with Crippen LogP contribution in [0.25, 0.3) is 0 Å². The van der Waals surface area contributed by atoms with Crippen molar-refractivity contribution in [3.8, 4) is 5.75 Å². The van der Waals surface area contributed by atoms with Crippen molar-refractivity contribution in [2.24, 2.45) is 0 Å². The van der Waals surface area contributed by atoms with Gasteiger partial charge in [-0.1, -0.05) is 41.4 Å². The Balaban J connectivity index is 1.69. The van der Waals surface area contributed by atoms with Gasteiger partial charge in [-0.25, -0.2) is 0 Å². The number of hydrogen-bond donors (Lipinski definition) is 2. The number of aryl methyl sites for hydroxylation is 1. The van der Waals surface area contributed by atoms with E-state index in [9.17, 15) is 0 Å². The van der Waals surface area contributed by atoms with Crippen LogP contribution in [0.3, 0.4) is 0 Å². The molecule has 0 spiro atoms. The number of methoxy groups -OCH3 is 1. The summed E-state index contributed by atoms with van der Waals surface area (Å²) >= 11 is 17.6. The highest BCUT2D eigenvalue weighted by Gasteiger charge is 2.10. The topological polar surface area (TPSA) is 51.1 Å². The number of thiocarbonyl (C=S) groups is 1. The minimum Gasteiger partial charge on any atom is -0.495 e. The molecule has 2 aromatic carbocycles. The number of para-hydroxylation sites is 2. The van der Waals surface area contributed by atoms with Gasteiger partial charge in [0.05, 0.1) is 19.3 Å². The van der Waals surface area contributed by atoms with Gasteiger partial charge in [-0.05, 0) is 49.0 Å². The number of anilines is 2. The van der Waals surface area contributed by atoms with E-state index in [1.165, 1.54) is 0 Å². The number of aromatic nitrogens is 2. The van der Waals surface area contributed by atoms with Crippen molar-refractivity contribution >= 4 is 52.0 Å². The maximum atomic E-state index is 6.26. The normalized spacial score (nSPS) is 10.5. The Labute approximate surface area is 173 Å². The molecule has 8 heteroatoms. The lowest BCUT2D eigenvalue weighted by molar-refractivity contribution is 0.417. The van der Waals surface area contributed by atoms with Gasteiger partial charge in [-0.15, -0.1) is 0 Å². The maximum absolute atomic E-state index is 6.26. The Morgan fingerprint density at radius 3 is 2.67 bits per heavy atom. The molecule has 1 aromatic heterocycles. The maximum Gasteiger partial charge on any atom is 0.176 e. The monoisotopic (exact) mass is 420 g/mol. The van der Waals surface area contributed by atoms with Crippen LogP contribution in [0.15, 0.2) is 48.5 Å². The Morgan fingerprint density at radius 2 is 1.93 bits per heavy atom. The third-order valence-corrected chi connectivity index (χ3v) is 4.70. The highest BCUT2D eigenvalue weighted by atomic mass is 35.5. The summed E-state index contributed by atoms with van der Waals surface area (Å²) in [6, 6.07) is 14.9. The van der Waals surface area contributed by atoms with E-state index in [-0.39, 0.29) is 0 Å². The Kier molecular flexibility index (Phi) is 6.21. The molecular formula is C19H18Cl2N4OS. The lowest BCUT2D eigenvalue weighted by Gasteiger charge is -2.12. The summed E-state index contributed by atoms with van der Waals surface area (Å²) in [6.07, 6.45) is 0. The Hall–Kier alpha value is -2.28. The molecule has 27 heavy (non-hydrogen) atoms. The third-order valence-electron chi connectivity index (χ3n) is 3.91. The first-order chi connectivity index (χ1) is 13.0. The van der Waals surface area contributed by atoms with Crippen molar-refractivity contribution in [2.45, 2.75) is 13.5 Å². The van der Waals surface area contributed by atoms with Crippen LogP contribution in [0.2, 0.25) is 10.0 Å². The molecule has 0 saturated carbocycles. The van der Waals surface area contributed by atoms with Crippen molar-refractivity contribution in [2.75, 3.05) is 17.7 Å². The van der Waals surface area contributed by atoms with E-state index in [0.29, 0.717) is 33.3 Å². The molecule has 0 aliphatic rings. The van der Waals surface area contributed by atoms with Gasteiger partial charge in [0.2, 0.25) is 0 Å². The van der Waals surface area contributed by atoms with Crippen LogP contribution in [0.1, 0.15) is 11.3 Å². The largest absolute Gasteiger partial charge is 0.495 e. The summed E-state index contributed by atoms with van der Waals surface area (Å²) in [6.45, 7) is 2.51. The highest BCUT2D eigenvalue weighted by molar-refractivity contribution is 7.80. The van der Waals surface area contributed by atoms with Crippen LogP contribution < -0.4 is 15.4 Å². The SMILES string of the molecule is COc1ccccc1NC(=S)Nc1cc(C)n(Cc2ccc(Cl)cc2Cl)n1. The van der Waals surface area contributed by atoms with Crippen molar-refractivity contribution in [1.29, 1.82) is 0 Å². The quantitative estimate of drug-likeness (QED) is 0.543. The fraction of sp³-hybridized carbons (Fsp3) is 0.158. The van der Waals surface area contributed by atoms with Crippen LogP contribution in [0, 0.1) is 6.92 Å². The predicted molar refractivity (Wildman–Crippen MR) is 115 cm³/mol. The number of hydrogen-bond acceptors (Lipinski definition) is 3. The van der Waals surface area contributed by atoms with Crippen LogP contribution in [0.5, 0.6) is 5.75 Å². The molecule has 0 aliphatic carbocycles. The predicted octanol–water partition coefficient (Wildman–Crippen LogP) is 5.36. The number of halogens is 2. The number of nitrogens with zero attached hydrogens (tertiary/aromatic N) is 2. The van der Waals surface area contributed by atoms with Crippen molar-refractivity contribution in [3.63, 3.8) is 0 Å². The Bertz CT molecular complexity index is 974. The van der Waals surface area contributed by atoms with Gasteiger partial charge in [0.1, 0.15) is 5.75 Å². The van der Waals surface area contributed by atoms with Crippen LogP contribution in [0.4, 0.5) is 11.5 Å². The van der Waals surface area contributed by atoms with Crippen LogP contribution in [-0.4, -0.2) is 22.0 Å². The van der Waals surface area contributed by atoms with Gasteiger partial charge >= 0.3 is 0 Å². The van der Waals surface area contributed by atoms with Gasteiger partial charge in [0.15, 0.2) is 10.9 Å². The standard InChI is InChI=1S/C19H18Cl2N4OS/c1-12-9-18(23-19(27)22-16-5-3-4-6-17(16)26-2)24-25(12)11-13-7-8-14(20)10-15(13)21/h3-10H,11H2,1-2H3,(H2,22,23,24,27). The first kappa shape index (κ1) is 19.5. The van der Waals surface area contributed by atoms with E-state index in [2.05, 4.69) is 15.7 Å². The molecule has 2 N–H and O–H groups in total. The molecular weight excluding hydrogens is 403 g/mol. The van der Waals surface area contributed by atoms with Crippen LogP contribution >= 0.6 is 35.4 Å². The minimum absolute atomic E-state index is 0.425. The van der Waals surface area contributed by atoms with Crippen molar-refractivity contribution in [3.05, 3.63) is 69.8 Å². The number of ether oxygens (including phenoxy) is 1.